The predicted octanol–water partition coefficient (Wildman–Crippen LogP) is 3.39. The van der Waals surface area contributed by atoms with Crippen molar-refractivity contribution in [3.63, 3.8) is 0 Å². The molecule has 0 aromatic heterocycles. The molecule has 0 spiro atoms. The number of amides is 2. The van der Waals surface area contributed by atoms with E-state index >= 15 is 0 Å². The standard InChI is InChI=1S/C15H13N3O3/c19-15(16-10-9-12-5-2-1-3-6-12)17-13-7-4-8-14(11-13)18(20)21/h1-11H,(H2,16,17,19)/b10-9+. The van der Waals surface area contributed by atoms with Crippen molar-refractivity contribution in [1.29, 1.82) is 0 Å². The van der Waals surface area contributed by atoms with E-state index in [2.05, 4.69) is 10.6 Å². The molecule has 2 aromatic rings. The Kier molecular flexibility index (Phi) is 4.66. The van der Waals surface area contributed by atoms with Crippen molar-refractivity contribution in [3.8, 4) is 0 Å². The van der Waals surface area contributed by atoms with Crippen molar-refractivity contribution in [3.05, 3.63) is 76.5 Å². The van der Waals surface area contributed by atoms with Crippen LogP contribution >= 0.6 is 0 Å². The highest BCUT2D eigenvalue weighted by atomic mass is 16.6. The summed E-state index contributed by atoms with van der Waals surface area (Å²) >= 11 is 0. The van der Waals surface area contributed by atoms with Gasteiger partial charge in [0.25, 0.3) is 5.69 Å². The lowest BCUT2D eigenvalue weighted by Gasteiger charge is -2.04. The number of nitro benzene ring substituents is 1. The van der Waals surface area contributed by atoms with Crippen LogP contribution in [0.4, 0.5) is 16.2 Å². The van der Waals surface area contributed by atoms with Crippen LogP contribution < -0.4 is 10.6 Å². The Morgan fingerprint density at radius 2 is 1.86 bits per heavy atom. The van der Waals surface area contributed by atoms with E-state index in [4.69, 9.17) is 0 Å². The van der Waals surface area contributed by atoms with Crippen LogP contribution in [0.1, 0.15) is 5.56 Å². The molecule has 106 valence electrons. The fourth-order valence-corrected chi connectivity index (χ4v) is 1.64. The second-order valence-electron chi connectivity index (χ2n) is 4.15. The zero-order valence-corrected chi connectivity index (χ0v) is 11.0. The summed E-state index contributed by atoms with van der Waals surface area (Å²) in [5.41, 5.74) is 1.23. The number of nitrogens with zero attached hydrogens (tertiary/aromatic N) is 1. The molecule has 21 heavy (non-hydrogen) atoms. The molecule has 0 aliphatic heterocycles. The van der Waals surface area contributed by atoms with Crippen molar-refractivity contribution in [2.24, 2.45) is 0 Å². The summed E-state index contributed by atoms with van der Waals surface area (Å²) in [7, 11) is 0. The molecular formula is C15H13N3O3. The molecule has 0 saturated carbocycles. The lowest BCUT2D eigenvalue weighted by Crippen LogP contribution is -2.23. The summed E-state index contributed by atoms with van der Waals surface area (Å²) < 4.78 is 0. The van der Waals surface area contributed by atoms with E-state index in [-0.39, 0.29) is 5.69 Å². The number of hydrogen-bond donors (Lipinski definition) is 2. The predicted molar refractivity (Wildman–Crippen MR) is 80.7 cm³/mol. The third kappa shape index (κ3) is 4.46. The molecule has 0 saturated heterocycles. The number of urea groups is 1. The van der Waals surface area contributed by atoms with Gasteiger partial charge in [0.2, 0.25) is 0 Å². The van der Waals surface area contributed by atoms with Crippen LogP contribution in [0.5, 0.6) is 0 Å². The summed E-state index contributed by atoms with van der Waals surface area (Å²) in [4.78, 5) is 21.8. The largest absolute Gasteiger partial charge is 0.323 e. The van der Waals surface area contributed by atoms with Gasteiger partial charge in [-0.05, 0) is 17.7 Å². The molecule has 0 aliphatic rings. The third-order valence-corrected chi connectivity index (χ3v) is 2.60. The highest BCUT2D eigenvalue weighted by Crippen LogP contribution is 2.16. The Morgan fingerprint density at radius 3 is 2.57 bits per heavy atom. The first-order valence-electron chi connectivity index (χ1n) is 6.19. The topological polar surface area (TPSA) is 84.3 Å². The zero-order valence-electron chi connectivity index (χ0n) is 11.0. The molecule has 2 rings (SSSR count). The van der Waals surface area contributed by atoms with Crippen LogP contribution in [0, 0.1) is 10.1 Å². The van der Waals surface area contributed by atoms with E-state index in [9.17, 15) is 14.9 Å². The summed E-state index contributed by atoms with van der Waals surface area (Å²) in [6.45, 7) is 0. The van der Waals surface area contributed by atoms with Gasteiger partial charge in [-0.1, -0.05) is 36.4 Å². The molecule has 0 unspecified atom stereocenters. The van der Waals surface area contributed by atoms with Gasteiger partial charge in [-0.3, -0.25) is 10.1 Å². The monoisotopic (exact) mass is 283 g/mol. The second-order valence-corrected chi connectivity index (χ2v) is 4.15. The van der Waals surface area contributed by atoms with Gasteiger partial charge >= 0.3 is 6.03 Å². The number of hydrogen-bond acceptors (Lipinski definition) is 3. The Hall–Kier alpha value is -3.15. The first-order chi connectivity index (χ1) is 10.1. The average molecular weight is 283 g/mol. The van der Waals surface area contributed by atoms with Crippen LogP contribution in [-0.4, -0.2) is 11.0 Å². The smallest absolute Gasteiger partial charge is 0.314 e. The van der Waals surface area contributed by atoms with Crippen molar-refractivity contribution in [2.75, 3.05) is 5.32 Å². The minimum atomic E-state index is -0.515. The number of nitrogens with one attached hydrogen (secondary N) is 2. The number of non-ortho nitro benzene ring substituents is 1. The maximum absolute atomic E-state index is 11.6. The molecule has 2 amide bonds. The summed E-state index contributed by atoms with van der Waals surface area (Å²) in [6, 6.07) is 14.8. The van der Waals surface area contributed by atoms with Crippen molar-refractivity contribution in [1.82, 2.24) is 5.32 Å². The van der Waals surface area contributed by atoms with Gasteiger partial charge in [0, 0.05) is 24.0 Å². The quantitative estimate of drug-likeness (QED) is 0.666. The Labute approximate surface area is 121 Å². The number of nitro groups is 1. The maximum Gasteiger partial charge on any atom is 0.323 e. The third-order valence-electron chi connectivity index (χ3n) is 2.60. The van der Waals surface area contributed by atoms with Crippen LogP contribution in [-0.2, 0) is 0 Å². The van der Waals surface area contributed by atoms with E-state index in [1.54, 1.807) is 12.1 Å². The molecule has 0 radical (unpaired) electrons. The number of carbonyl (C=O) groups is 1. The molecule has 0 heterocycles. The van der Waals surface area contributed by atoms with Gasteiger partial charge in [-0.2, -0.15) is 0 Å². The molecule has 0 fully saturated rings. The lowest BCUT2D eigenvalue weighted by molar-refractivity contribution is -0.384. The van der Waals surface area contributed by atoms with Crippen LogP contribution in [0.25, 0.3) is 6.08 Å². The van der Waals surface area contributed by atoms with Gasteiger partial charge in [-0.15, -0.1) is 0 Å². The van der Waals surface area contributed by atoms with Gasteiger partial charge in [-0.25, -0.2) is 4.79 Å². The number of carbonyl (C=O) groups excluding carboxylic acids is 1. The van der Waals surface area contributed by atoms with E-state index < -0.39 is 11.0 Å². The maximum atomic E-state index is 11.6. The van der Waals surface area contributed by atoms with Crippen LogP contribution in [0.2, 0.25) is 0 Å². The highest BCUT2D eigenvalue weighted by Gasteiger charge is 2.06. The van der Waals surface area contributed by atoms with E-state index in [0.717, 1.165) is 5.56 Å². The zero-order chi connectivity index (χ0) is 15.1. The number of rotatable bonds is 4. The molecule has 0 aliphatic carbocycles. The molecule has 0 bridgehead atoms. The highest BCUT2D eigenvalue weighted by molar-refractivity contribution is 5.90. The van der Waals surface area contributed by atoms with Crippen LogP contribution in [0.3, 0.4) is 0 Å². The minimum absolute atomic E-state index is 0.0763. The van der Waals surface area contributed by atoms with E-state index in [0.29, 0.717) is 5.69 Å². The van der Waals surface area contributed by atoms with Crippen molar-refractivity contribution < 1.29 is 9.72 Å². The van der Waals surface area contributed by atoms with Crippen molar-refractivity contribution >= 4 is 23.5 Å². The Bertz CT molecular complexity index is 669. The Morgan fingerprint density at radius 1 is 1.10 bits per heavy atom. The fraction of sp³-hybridized carbons (Fsp3) is 0. The lowest BCUT2D eigenvalue weighted by atomic mass is 10.2. The molecule has 6 nitrogen and oxygen atoms in total. The molecular weight excluding hydrogens is 270 g/mol. The second kappa shape index (κ2) is 6.85. The molecule has 6 heteroatoms. The van der Waals surface area contributed by atoms with Gasteiger partial charge in [0.05, 0.1) is 4.92 Å². The van der Waals surface area contributed by atoms with Gasteiger partial charge < -0.3 is 10.6 Å². The molecule has 0 atom stereocenters. The molecule has 2 aromatic carbocycles. The number of anilines is 1. The first kappa shape index (κ1) is 14.3. The van der Waals surface area contributed by atoms with Gasteiger partial charge in [0.15, 0.2) is 0 Å². The molecule has 2 N–H and O–H groups in total. The first-order valence-corrected chi connectivity index (χ1v) is 6.19. The summed E-state index contributed by atoms with van der Waals surface area (Å²) in [5.74, 6) is 0. The normalized spacial score (nSPS) is 10.3. The van der Waals surface area contributed by atoms with Crippen LogP contribution in [0.15, 0.2) is 60.8 Å². The van der Waals surface area contributed by atoms with E-state index in [1.165, 1.54) is 24.4 Å². The van der Waals surface area contributed by atoms with Gasteiger partial charge in [0.1, 0.15) is 0 Å². The Balaban J connectivity index is 1.91. The minimum Gasteiger partial charge on any atom is -0.314 e. The average Bonchev–Trinajstić information content (AvgIpc) is 2.48. The number of benzene rings is 2. The van der Waals surface area contributed by atoms with Crippen molar-refractivity contribution in [2.45, 2.75) is 0 Å². The summed E-state index contributed by atoms with van der Waals surface area (Å²) in [5, 5.41) is 15.7. The SMILES string of the molecule is O=C(N/C=C/c1ccccc1)Nc1cccc([N+](=O)[O-])c1. The van der Waals surface area contributed by atoms with E-state index in [1.807, 2.05) is 30.3 Å². The summed E-state index contributed by atoms with van der Waals surface area (Å²) in [6.07, 6.45) is 3.25. The fourth-order valence-electron chi connectivity index (χ4n) is 1.64.